The molecule has 1 aromatic carbocycles. The van der Waals surface area contributed by atoms with Crippen LogP contribution in [-0.4, -0.2) is 17.1 Å². The van der Waals surface area contributed by atoms with Crippen molar-refractivity contribution in [3.63, 3.8) is 0 Å². The zero-order valence-corrected chi connectivity index (χ0v) is 12.2. The van der Waals surface area contributed by atoms with Gasteiger partial charge in [-0.25, -0.2) is 0 Å². The molecule has 0 spiro atoms. The van der Waals surface area contributed by atoms with Gasteiger partial charge in [0.1, 0.15) is 0 Å². The van der Waals surface area contributed by atoms with Gasteiger partial charge in [-0.15, -0.1) is 11.8 Å². The number of thioether (sulfide) groups is 1. The highest BCUT2D eigenvalue weighted by Gasteiger charge is 2.14. The summed E-state index contributed by atoms with van der Waals surface area (Å²) in [5.41, 5.74) is 0.928. The average molecular weight is 277 g/mol. The van der Waals surface area contributed by atoms with E-state index in [1.807, 2.05) is 23.9 Å². The van der Waals surface area contributed by atoms with Crippen molar-refractivity contribution >= 4 is 18.0 Å². The number of rotatable bonds is 6. The van der Waals surface area contributed by atoms with E-state index in [9.17, 15) is 5.11 Å². The summed E-state index contributed by atoms with van der Waals surface area (Å²) in [4.78, 5) is 1.24. The van der Waals surface area contributed by atoms with Gasteiger partial charge in [-0.05, 0) is 42.7 Å². The molecule has 3 heteroatoms. The monoisotopic (exact) mass is 277 g/mol. The fourth-order valence-corrected chi connectivity index (χ4v) is 3.78. The van der Waals surface area contributed by atoms with E-state index < -0.39 is 6.10 Å². The fraction of sp³-hybridized carbons (Fsp3) is 0.562. The van der Waals surface area contributed by atoms with Gasteiger partial charge in [-0.2, -0.15) is 0 Å². The van der Waals surface area contributed by atoms with Gasteiger partial charge in [0.05, 0.1) is 6.10 Å². The van der Waals surface area contributed by atoms with E-state index in [1.54, 1.807) is 0 Å². The Bertz CT molecular complexity index is 401. The van der Waals surface area contributed by atoms with E-state index in [4.69, 9.17) is 5.41 Å². The first-order valence-electron chi connectivity index (χ1n) is 7.19. The van der Waals surface area contributed by atoms with Crippen LogP contribution < -0.4 is 0 Å². The molecule has 0 amide bonds. The summed E-state index contributed by atoms with van der Waals surface area (Å²) in [6.07, 6.45) is 8.09. The molecule has 1 atom stereocenters. The van der Waals surface area contributed by atoms with Crippen LogP contribution in [0.3, 0.4) is 0 Å². The summed E-state index contributed by atoms with van der Waals surface area (Å²) in [6.45, 7) is 0. The van der Waals surface area contributed by atoms with Gasteiger partial charge in [-0.1, -0.05) is 31.4 Å². The molecule has 2 rings (SSSR count). The molecule has 1 aliphatic carbocycles. The van der Waals surface area contributed by atoms with Gasteiger partial charge in [0.2, 0.25) is 0 Å². The maximum absolute atomic E-state index is 9.90. The molecule has 2 N–H and O–H groups in total. The molecule has 1 aromatic rings. The average Bonchev–Trinajstić information content (AvgIpc) is 2.47. The Morgan fingerprint density at radius 1 is 1.32 bits per heavy atom. The maximum Gasteiger partial charge on any atom is 0.0839 e. The summed E-state index contributed by atoms with van der Waals surface area (Å²) in [5.74, 6) is 2.07. The molecule has 0 aliphatic heterocycles. The molecule has 104 valence electrons. The second kappa shape index (κ2) is 7.71. The van der Waals surface area contributed by atoms with E-state index >= 15 is 0 Å². The van der Waals surface area contributed by atoms with Crippen LogP contribution in [0, 0.1) is 11.3 Å². The first-order valence-corrected chi connectivity index (χ1v) is 8.18. The number of hydrogen-bond donors (Lipinski definition) is 2. The molecule has 19 heavy (non-hydrogen) atoms. The summed E-state index contributed by atoms with van der Waals surface area (Å²) in [6, 6.07) is 8.14. The molecule has 0 heterocycles. The highest BCUT2D eigenvalue weighted by atomic mass is 32.2. The number of aliphatic hydroxyl groups excluding tert-OH is 1. The van der Waals surface area contributed by atoms with Crippen LogP contribution in [0.2, 0.25) is 0 Å². The van der Waals surface area contributed by atoms with E-state index in [0.29, 0.717) is 6.42 Å². The number of aliphatic hydroxyl groups is 1. The second-order valence-corrected chi connectivity index (χ2v) is 6.44. The van der Waals surface area contributed by atoms with Crippen molar-refractivity contribution in [1.82, 2.24) is 0 Å². The van der Waals surface area contributed by atoms with E-state index in [0.717, 1.165) is 11.5 Å². The van der Waals surface area contributed by atoms with Crippen molar-refractivity contribution in [2.75, 3.05) is 5.75 Å². The third kappa shape index (κ3) is 4.66. The standard InChI is InChI=1S/C16H23NOS/c17-10-9-16(18)14-7-4-8-15(11-14)19-12-13-5-2-1-3-6-13/h4,7-8,10-11,13,16-18H,1-3,5-6,9,12H2. The van der Waals surface area contributed by atoms with Crippen molar-refractivity contribution in [2.24, 2.45) is 5.92 Å². The van der Waals surface area contributed by atoms with Crippen LogP contribution in [0.15, 0.2) is 29.2 Å². The Hall–Kier alpha value is -0.800. The summed E-state index contributed by atoms with van der Waals surface area (Å²) in [7, 11) is 0. The normalized spacial score (nSPS) is 18.2. The minimum absolute atomic E-state index is 0.400. The van der Waals surface area contributed by atoms with Gasteiger partial charge in [0, 0.05) is 17.1 Å². The lowest BCUT2D eigenvalue weighted by molar-refractivity contribution is 0.187. The second-order valence-electron chi connectivity index (χ2n) is 5.34. The molecule has 0 saturated heterocycles. The first kappa shape index (κ1) is 14.6. The highest BCUT2D eigenvalue weighted by molar-refractivity contribution is 7.99. The van der Waals surface area contributed by atoms with Crippen molar-refractivity contribution in [1.29, 1.82) is 5.41 Å². The molecule has 1 fully saturated rings. The Balaban J connectivity index is 1.89. The predicted molar refractivity (Wildman–Crippen MR) is 82.1 cm³/mol. The molecular weight excluding hydrogens is 254 g/mol. The lowest BCUT2D eigenvalue weighted by Gasteiger charge is -2.21. The van der Waals surface area contributed by atoms with Crippen molar-refractivity contribution in [3.8, 4) is 0 Å². The molecule has 1 aliphatic rings. The van der Waals surface area contributed by atoms with Gasteiger partial charge in [0.15, 0.2) is 0 Å². The van der Waals surface area contributed by atoms with Gasteiger partial charge in [0.25, 0.3) is 0 Å². The van der Waals surface area contributed by atoms with Crippen LogP contribution in [-0.2, 0) is 0 Å². The Labute approximate surface area is 120 Å². The summed E-state index contributed by atoms with van der Waals surface area (Å²) in [5, 5.41) is 17.0. The SMILES string of the molecule is N=CCC(O)c1cccc(SCC2CCCCC2)c1. The summed E-state index contributed by atoms with van der Waals surface area (Å²) < 4.78 is 0. The topological polar surface area (TPSA) is 44.1 Å². The minimum atomic E-state index is -0.535. The number of benzene rings is 1. The Morgan fingerprint density at radius 3 is 2.84 bits per heavy atom. The molecule has 1 saturated carbocycles. The van der Waals surface area contributed by atoms with Crippen LogP contribution in [0.1, 0.15) is 50.2 Å². The van der Waals surface area contributed by atoms with Gasteiger partial charge >= 0.3 is 0 Å². The predicted octanol–water partition coefficient (Wildman–Crippen LogP) is 4.43. The first-order chi connectivity index (χ1) is 9.29. The maximum atomic E-state index is 9.90. The Kier molecular flexibility index (Phi) is 5.93. The minimum Gasteiger partial charge on any atom is -0.388 e. The third-order valence-corrected chi connectivity index (χ3v) is 5.02. The molecule has 0 bridgehead atoms. The van der Waals surface area contributed by atoms with Crippen molar-refractivity contribution in [3.05, 3.63) is 29.8 Å². The lowest BCUT2D eigenvalue weighted by atomic mass is 9.91. The number of hydrogen-bond acceptors (Lipinski definition) is 3. The quantitative estimate of drug-likeness (QED) is 0.596. The van der Waals surface area contributed by atoms with Crippen molar-refractivity contribution in [2.45, 2.75) is 49.5 Å². The molecule has 0 aromatic heterocycles. The fourth-order valence-electron chi connectivity index (χ4n) is 2.63. The smallest absolute Gasteiger partial charge is 0.0839 e. The molecular formula is C16H23NOS. The molecule has 0 radical (unpaired) electrons. The summed E-state index contributed by atoms with van der Waals surface area (Å²) >= 11 is 1.91. The number of nitrogens with one attached hydrogen (secondary N) is 1. The van der Waals surface area contributed by atoms with Gasteiger partial charge < -0.3 is 10.5 Å². The lowest BCUT2D eigenvalue weighted by Crippen LogP contribution is -2.08. The van der Waals surface area contributed by atoms with Crippen LogP contribution in [0.25, 0.3) is 0 Å². The van der Waals surface area contributed by atoms with E-state index in [2.05, 4.69) is 12.1 Å². The van der Waals surface area contributed by atoms with Crippen LogP contribution in [0.4, 0.5) is 0 Å². The zero-order valence-electron chi connectivity index (χ0n) is 11.3. The van der Waals surface area contributed by atoms with E-state index in [1.165, 1.54) is 49.0 Å². The van der Waals surface area contributed by atoms with Crippen molar-refractivity contribution < 1.29 is 5.11 Å². The van der Waals surface area contributed by atoms with Crippen LogP contribution in [0.5, 0.6) is 0 Å². The molecule has 2 nitrogen and oxygen atoms in total. The zero-order chi connectivity index (χ0) is 13.5. The van der Waals surface area contributed by atoms with Gasteiger partial charge in [-0.3, -0.25) is 0 Å². The highest BCUT2D eigenvalue weighted by Crippen LogP contribution is 2.31. The van der Waals surface area contributed by atoms with E-state index in [-0.39, 0.29) is 0 Å². The Morgan fingerprint density at radius 2 is 2.11 bits per heavy atom. The third-order valence-electron chi connectivity index (χ3n) is 3.79. The largest absolute Gasteiger partial charge is 0.388 e. The van der Waals surface area contributed by atoms with Crippen LogP contribution >= 0.6 is 11.8 Å². The molecule has 1 unspecified atom stereocenters.